The predicted octanol–water partition coefficient (Wildman–Crippen LogP) is -0.509. The van der Waals surface area contributed by atoms with E-state index in [-0.39, 0.29) is 155 Å². The molecule has 8 amide bonds. The molecule has 127 heavy (non-hydrogen) atoms. The Kier molecular flexibility index (Phi) is 33.9. The van der Waals surface area contributed by atoms with Crippen molar-refractivity contribution in [3.63, 3.8) is 0 Å². The molecule has 39 heteroatoms. The lowest BCUT2D eigenvalue weighted by atomic mass is 9.54. The fraction of sp³-hybridized carbons (Fsp3) is 0.841. The summed E-state index contributed by atoms with van der Waals surface area (Å²) in [6, 6.07) is -11.0. The molecule has 32 atom stereocenters. The summed E-state index contributed by atoms with van der Waals surface area (Å²) in [4.78, 5) is 124. The van der Waals surface area contributed by atoms with Crippen LogP contribution in [0.15, 0.2) is 12.1 Å². The van der Waals surface area contributed by atoms with Crippen molar-refractivity contribution in [2.75, 3.05) is 39.0 Å². The van der Waals surface area contributed by atoms with Crippen molar-refractivity contribution >= 4 is 80.5 Å². The zero-order chi connectivity index (χ0) is 91.3. The molecular weight excluding hydrogens is 1710 g/mol. The Morgan fingerprint density at radius 3 is 1.87 bits per heavy atom. The minimum absolute atomic E-state index is 0.000965. The first-order valence-corrected chi connectivity index (χ1v) is 49.4. The Morgan fingerprint density at radius 1 is 0.630 bits per heavy atom. The molecule has 36 nitrogen and oxygen atoms in total. The molecule has 9 aliphatic carbocycles. The van der Waals surface area contributed by atoms with Crippen molar-refractivity contribution in [2.45, 2.75) is 345 Å². The van der Waals surface area contributed by atoms with Gasteiger partial charge in [-0.1, -0.05) is 59.3 Å². The Labute approximate surface area is 753 Å². The molecule has 15 bridgehead atoms. The van der Waals surface area contributed by atoms with Gasteiger partial charge in [0.25, 0.3) is 0 Å². The third kappa shape index (κ3) is 23.4. The van der Waals surface area contributed by atoms with Crippen LogP contribution in [0.2, 0.25) is 0 Å². The molecule has 716 valence electrons. The van der Waals surface area contributed by atoms with Crippen LogP contribution in [0.3, 0.4) is 0 Å². The van der Waals surface area contributed by atoms with Gasteiger partial charge < -0.3 is 129 Å². The monoisotopic (exact) mass is 1850 g/mol. The van der Waals surface area contributed by atoms with Crippen molar-refractivity contribution in [1.29, 1.82) is 0 Å². The fourth-order valence-corrected chi connectivity index (χ4v) is 25.4. The maximum atomic E-state index is 16.7. The number of unbranched alkanes of at least 4 members (excludes halogenated alkanes) is 6. The van der Waals surface area contributed by atoms with E-state index in [1.807, 2.05) is 13.8 Å². The number of carbonyl (C=O) groups is 8. The number of likely N-dealkylation sites (N-methyl/N-ethyl adjacent to an activating group) is 1. The minimum Gasteiger partial charge on any atom is -0.485 e. The number of benzene rings is 1. The fourth-order valence-electron chi connectivity index (χ4n) is 23.5. The van der Waals surface area contributed by atoms with Crippen LogP contribution in [0, 0.1) is 76.9 Å². The lowest BCUT2D eigenvalue weighted by Gasteiger charge is -2.55. The van der Waals surface area contributed by atoms with Crippen LogP contribution >= 0.6 is 23.2 Å². The van der Waals surface area contributed by atoms with E-state index in [9.17, 15) is 64.0 Å². The first-order valence-electron chi connectivity index (χ1n) is 46.8. The molecular formula is C88H140Cl2N12O24S. The summed E-state index contributed by atoms with van der Waals surface area (Å²) in [7, 11) is -2.15. The maximum Gasteiger partial charge on any atom is 0.247 e. The zero-order valence-electron chi connectivity index (χ0n) is 73.5. The molecule has 2 saturated heterocycles. The van der Waals surface area contributed by atoms with Gasteiger partial charge in [0.1, 0.15) is 66.8 Å². The van der Waals surface area contributed by atoms with Gasteiger partial charge >= 0.3 is 0 Å². The molecule has 11 fully saturated rings. The van der Waals surface area contributed by atoms with E-state index < -0.39 is 262 Å². The largest absolute Gasteiger partial charge is 0.485 e. The first kappa shape index (κ1) is 98.8. The van der Waals surface area contributed by atoms with Crippen LogP contribution in [0.1, 0.15) is 206 Å². The lowest BCUT2D eigenvalue weighted by Crippen LogP contribution is -2.68. The highest BCUT2D eigenvalue weighted by atomic mass is 35.5. The van der Waals surface area contributed by atoms with Crippen molar-refractivity contribution < 1.29 is 116 Å². The van der Waals surface area contributed by atoms with Gasteiger partial charge in [-0.05, 0) is 212 Å². The first-order chi connectivity index (χ1) is 60.5. The van der Waals surface area contributed by atoms with E-state index in [0.717, 1.165) is 70.6 Å². The molecule has 16 rings (SSSR count). The number of ether oxygens (including phenoxy) is 5. The van der Waals surface area contributed by atoms with Gasteiger partial charge in [0.2, 0.25) is 63.0 Å². The van der Waals surface area contributed by atoms with Crippen LogP contribution in [-0.2, 0) is 57.9 Å². The van der Waals surface area contributed by atoms with Crippen LogP contribution in [0.5, 0.6) is 17.2 Å². The second kappa shape index (κ2) is 43.5. The van der Waals surface area contributed by atoms with E-state index in [0.29, 0.717) is 18.3 Å². The van der Waals surface area contributed by atoms with Gasteiger partial charge in [-0.25, -0.2) is 13.1 Å². The normalized spacial score (nSPS) is 40.9. The standard InChI is InChI=1S/C88H140Cl2N12O24S/c1-6-7-8-9-10-11-12-21-127(120,121)95-20-19-94-37-52-59(105)34-51-67(78(52)111)50-28-43(13-16-58(50)104)69-84(115)102-73(88(119)100-71(51)86(117)97-68-46-24-41-23-42(26-46)27-47(68)25-41)76(109)45-15-18-61(54(90)30-45)124-63-32-48-31-62(80(63)125-64-33-49(38-103)77(110)79(112)81(64)126-66-35-55(91)74(107)40(4)122-66)123-60-17-14-44(29-53(60)89)75(108)72(101-82(113)56(93-5)22-39(2)3)87(118)96-57(36-65(92)106)83(114)98-70(48)85(116)99-69/h31-32,39-47,49-61,64,66-79,81,93-95,103-105,107-112H,6-30,33-38,91H2,1-5H3,(H2,92,106)(H,96,118)(H,97,117)(H,98,114)(H,99,116)(H,100,119)(H,101,113)(H,102,115)/t40-,41?,42?,43-,44-,45-,46?,47?,49+,50?,51?,52?,53+,54-,55-,56+,57-,58+,59-,60+,61+,64+,66-,67?,68?,69+,70+,71-,72+,73-,74+,75+,76+,77+,78-,79-,81-/m0/s1. The molecule has 6 aliphatic heterocycles. The van der Waals surface area contributed by atoms with Gasteiger partial charge in [0, 0.05) is 56.6 Å². The van der Waals surface area contributed by atoms with Crippen molar-refractivity contribution in [3.8, 4) is 17.2 Å². The number of aliphatic hydroxyl groups excluding tert-OH is 9. The van der Waals surface area contributed by atoms with Gasteiger partial charge in [0.15, 0.2) is 17.8 Å². The number of amides is 8. The minimum atomic E-state index is -3.69. The van der Waals surface area contributed by atoms with Gasteiger partial charge in [-0.15, -0.1) is 23.2 Å². The highest BCUT2D eigenvalue weighted by Crippen LogP contribution is 2.55. The number of sulfonamides is 1. The van der Waals surface area contributed by atoms with Gasteiger partial charge in [0.05, 0.1) is 77.8 Å². The van der Waals surface area contributed by atoms with Crippen molar-refractivity contribution in [2.24, 2.45) is 88.4 Å². The summed E-state index contributed by atoms with van der Waals surface area (Å²) in [6.07, 6.45) is -10.8. The van der Waals surface area contributed by atoms with Crippen molar-refractivity contribution in [1.82, 2.24) is 52.6 Å². The topological polar surface area (TPSA) is 571 Å². The number of hydrogen-bond donors (Lipinski definition) is 21. The van der Waals surface area contributed by atoms with E-state index in [2.05, 4.69) is 59.5 Å². The number of alkyl halides is 2. The molecule has 4 unspecified atom stereocenters. The van der Waals surface area contributed by atoms with E-state index in [4.69, 9.17) is 58.4 Å². The molecule has 0 spiro atoms. The number of aliphatic hydroxyl groups is 9. The van der Waals surface area contributed by atoms with Crippen LogP contribution in [0.25, 0.3) is 0 Å². The Hall–Kier alpha value is -5.69. The molecule has 15 aliphatic rings. The third-order valence-electron chi connectivity index (χ3n) is 30.2. The predicted molar refractivity (Wildman–Crippen MR) is 463 cm³/mol. The molecule has 1 aromatic rings. The summed E-state index contributed by atoms with van der Waals surface area (Å²) >= 11 is 15.1. The van der Waals surface area contributed by atoms with Crippen LogP contribution < -0.4 is 78.3 Å². The summed E-state index contributed by atoms with van der Waals surface area (Å²) < 4.78 is 63.2. The molecule has 1 aromatic carbocycles. The smallest absolute Gasteiger partial charge is 0.247 e. The number of halogens is 2. The number of primary amides is 1. The third-order valence-corrected chi connectivity index (χ3v) is 32.6. The number of rotatable bonds is 28. The van der Waals surface area contributed by atoms with E-state index in [1.165, 1.54) is 19.2 Å². The molecule has 23 N–H and O–H groups in total. The molecule has 9 saturated carbocycles. The highest BCUT2D eigenvalue weighted by Gasteiger charge is 2.58. The number of nitrogens with one attached hydrogen (secondary N) is 10. The molecule has 0 radical (unpaired) electrons. The number of carbonyl (C=O) groups excluding carboxylic acids is 8. The quantitative estimate of drug-likeness (QED) is 0.0371. The Balaban J connectivity index is 0.925. The summed E-state index contributed by atoms with van der Waals surface area (Å²) in [6.45, 7) is 6.66. The van der Waals surface area contributed by atoms with Crippen molar-refractivity contribution in [3.05, 3.63) is 17.7 Å². The number of hydrogen-bond acceptors (Lipinski definition) is 27. The second-order valence-corrected chi connectivity index (χ2v) is 42.5. The van der Waals surface area contributed by atoms with Crippen LogP contribution in [-0.4, -0.2) is 285 Å². The Bertz CT molecular complexity index is 4040. The van der Waals surface area contributed by atoms with Gasteiger partial charge in [-0.2, -0.15) is 0 Å². The second-order valence-electron chi connectivity index (χ2n) is 39.5. The molecule has 6 heterocycles. The summed E-state index contributed by atoms with van der Waals surface area (Å²) in [5.74, 6) is -16.8. The average molecular weight is 1850 g/mol. The average Bonchev–Trinajstić information content (AvgIpc) is 0.752. The maximum absolute atomic E-state index is 16.7. The SMILES string of the molecule is CCCCCCCCCS(=O)(=O)NCCNCC1[C@H](O)C2C3C[C@H](CC[C@H]3O)[C@H]3NC(=O)[C@@H]4NC(=O)[C@H](CC(N)=O)NC(=O)[C@H](NC(=O)[C@@H](CC(C)C)NC)[C@H](O)[C@H]5CC[C@@H](Oc6cc4cc(c6O[C@@H]4C[C@H](CO)[C@@H](O)[C@H](O)[C@H]4O[C@H]4C[C@H](N)[C@H](O)[C@H](C)O4)O[C@@H]4CC[C@@H](C[C@@H]4Cl)[C@@H](O)[C@H](NC3=O)C(=O)N[C@H](C(=O)NC3C4CC6CC(C4)CC3C6)C2C[C@@H]1O)[C@H](Cl)C5. The Morgan fingerprint density at radius 2 is 1.25 bits per heavy atom. The number of fused-ring (bicyclic) bond motifs is 15. The molecule has 0 aromatic heterocycles. The number of nitrogens with two attached hydrogens (primary N) is 2. The van der Waals surface area contributed by atoms with Gasteiger partial charge in [-0.3, -0.25) is 38.4 Å². The summed E-state index contributed by atoms with van der Waals surface area (Å²) in [5.41, 5.74) is 12.1. The lowest BCUT2D eigenvalue weighted by molar-refractivity contribution is -0.278. The van der Waals surface area contributed by atoms with Crippen LogP contribution in [0.4, 0.5) is 0 Å². The highest BCUT2D eigenvalue weighted by molar-refractivity contribution is 7.89. The zero-order valence-corrected chi connectivity index (χ0v) is 75.8. The van der Waals surface area contributed by atoms with E-state index >= 15 is 28.8 Å². The summed E-state index contributed by atoms with van der Waals surface area (Å²) in [5, 5.41) is 134. The van der Waals surface area contributed by atoms with E-state index in [1.54, 1.807) is 6.92 Å².